The molecule has 0 aliphatic carbocycles. The molecule has 0 amide bonds. The van der Waals surface area contributed by atoms with Gasteiger partial charge in [0.1, 0.15) is 16.5 Å². The molecule has 1 heterocycles. The van der Waals surface area contributed by atoms with E-state index in [0.717, 1.165) is 16.3 Å². The summed E-state index contributed by atoms with van der Waals surface area (Å²) in [5.74, 6) is 0.915. The molecule has 4 rings (SSSR count). The summed E-state index contributed by atoms with van der Waals surface area (Å²) in [6, 6.07) is 19.0. The zero-order chi connectivity index (χ0) is 21.8. The van der Waals surface area contributed by atoms with Gasteiger partial charge < -0.3 is 9.47 Å². The van der Waals surface area contributed by atoms with Crippen LogP contribution in [0.3, 0.4) is 0 Å². The molecule has 0 fully saturated rings. The Hall–Kier alpha value is -3.45. The van der Waals surface area contributed by atoms with Crippen molar-refractivity contribution in [2.75, 3.05) is 20.0 Å². The van der Waals surface area contributed by atoms with Crippen molar-refractivity contribution in [2.24, 2.45) is 0 Å². The molecule has 0 bridgehead atoms. The highest BCUT2D eigenvalue weighted by Crippen LogP contribution is 2.33. The van der Waals surface area contributed by atoms with Gasteiger partial charge in [-0.15, -0.1) is 10.2 Å². The summed E-state index contributed by atoms with van der Waals surface area (Å²) in [6.45, 7) is 0. The molecular formula is C24H19FN2O3S. The first-order valence-electron chi connectivity index (χ1n) is 9.50. The minimum atomic E-state index is -0.304. The van der Waals surface area contributed by atoms with Crippen LogP contribution in [0.2, 0.25) is 0 Å². The van der Waals surface area contributed by atoms with Crippen LogP contribution in [0.5, 0.6) is 11.5 Å². The van der Waals surface area contributed by atoms with Crippen molar-refractivity contribution in [2.45, 2.75) is 5.03 Å². The van der Waals surface area contributed by atoms with Gasteiger partial charge in [-0.3, -0.25) is 4.79 Å². The van der Waals surface area contributed by atoms with Crippen LogP contribution < -0.4 is 9.47 Å². The van der Waals surface area contributed by atoms with Gasteiger partial charge >= 0.3 is 0 Å². The molecule has 0 saturated heterocycles. The third-order valence-corrected chi connectivity index (χ3v) is 5.80. The molecule has 0 N–H and O–H groups in total. The number of ketones is 1. The van der Waals surface area contributed by atoms with Crippen molar-refractivity contribution < 1.29 is 18.7 Å². The Morgan fingerprint density at radius 1 is 0.903 bits per heavy atom. The molecule has 0 spiro atoms. The first kappa shape index (κ1) is 20.8. The van der Waals surface area contributed by atoms with Gasteiger partial charge in [0.25, 0.3) is 0 Å². The lowest BCUT2D eigenvalue weighted by Crippen LogP contribution is -2.04. The van der Waals surface area contributed by atoms with E-state index in [1.807, 2.05) is 24.3 Å². The lowest BCUT2D eigenvalue weighted by atomic mass is 10.1. The van der Waals surface area contributed by atoms with E-state index in [9.17, 15) is 9.18 Å². The smallest absolute Gasteiger partial charge is 0.173 e. The Morgan fingerprint density at radius 3 is 2.32 bits per heavy atom. The number of hydrogen-bond donors (Lipinski definition) is 0. The molecule has 0 saturated carbocycles. The first-order chi connectivity index (χ1) is 15.1. The summed E-state index contributed by atoms with van der Waals surface area (Å²) in [4.78, 5) is 12.7. The average Bonchev–Trinajstić information content (AvgIpc) is 2.82. The zero-order valence-corrected chi connectivity index (χ0v) is 17.8. The molecule has 31 heavy (non-hydrogen) atoms. The van der Waals surface area contributed by atoms with Crippen LogP contribution in [0.15, 0.2) is 71.8 Å². The number of fused-ring (bicyclic) bond motifs is 1. The maximum Gasteiger partial charge on any atom is 0.173 e. The Bertz CT molecular complexity index is 1250. The van der Waals surface area contributed by atoms with Gasteiger partial charge in [0.2, 0.25) is 0 Å². The molecule has 0 unspecified atom stereocenters. The van der Waals surface area contributed by atoms with Gasteiger partial charge in [-0.05, 0) is 42.5 Å². The Labute approximate surface area is 183 Å². The van der Waals surface area contributed by atoms with Gasteiger partial charge in [-0.25, -0.2) is 4.39 Å². The number of methoxy groups -OCH3 is 2. The van der Waals surface area contributed by atoms with Gasteiger partial charge in [0, 0.05) is 21.9 Å². The predicted octanol–water partition coefficient (Wildman–Crippen LogP) is 5.43. The SMILES string of the molecule is COc1ccc(C(=O)CSc2nnc(-c3ccc(F)cc3)c3ccccc23)cc1OC. The zero-order valence-electron chi connectivity index (χ0n) is 17.0. The summed E-state index contributed by atoms with van der Waals surface area (Å²) < 4.78 is 23.8. The Balaban J connectivity index is 1.60. The van der Waals surface area contributed by atoms with E-state index in [-0.39, 0.29) is 17.4 Å². The summed E-state index contributed by atoms with van der Waals surface area (Å²) in [5, 5.41) is 11.2. The third-order valence-electron chi connectivity index (χ3n) is 4.82. The lowest BCUT2D eigenvalue weighted by Gasteiger charge is -2.10. The van der Waals surface area contributed by atoms with E-state index in [4.69, 9.17) is 9.47 Å². The second-order valence-corrected chi connectivity index (χ2v) is 7.65. The lowest BCUT2D eigenvalue weighted by molar-refractivity contribution is 0.102. The standard InChI is InChI=1S/C24H19FN2O3S/c1-29-21-12-9-16(13-22(21)30-2)20(28)14-31-24-19-6-4-3-5-18(19)23(26-27-24)15-7-10-17(25)11-8-15/h3-13H,14H2,1-2H3. The number of rotatable bonds is 7. The molecule has 156 valence electrons. The summed E-state index contributed by atoms with van der Waals surface area (Å²) in [6.07, 6.45) is 0. The van der Waals surface area contributed by atoms with E-state index in [0.29, 0.717) is 27.8 Å². The van der Waals surface area contributed by atoms with Crippen LogP contribution >= 0.6 is 11.8 Å². The highest BCUT2D eigenvalue weighted by atomic mass is 32.2. The highest BCUT2D eigenvalue weighted by Gasteiger charge is 2.15. The largest absolute Gasteiger partial charge is 0.493 e. The fraction of sp³-hybridized carbons (Fsp3) is 0.125. The van der Waals surface area contributed by atoms with Crippen molar-refractivity contribution in [1.82, 2.24) is 10.2 Å². The molecule has 0 atom stereocenters. The van der Waals surface area contributed by atoms with Crippen LogP contribution in [-0.2, 0) is 0 Å². The molecule has 4 aromatic rings. The average molecular weight is 434 g/mol. The first-order valence-corrected chi connectivity index (χ1v) is 10.5. The van der Waals surface area contributed by atoms with E-state index < -0.39 is 0 Å². The summed E-state index contributed by atoms with van der Waals surface area (Å²) in [7, 11) is 3.08. The van der Waals surface area contributed by atoms with Crippen molar-refractivity contribution in [3.8, 4) is 22.8 Å². The van der Waals surface area contributed by atoms with E-state index in [1.54, 1.807) is 37.4 Å². The topological polar surface area (TPSA) is 61.3 Å². The van der Waals surface area contributed by atoms with Gasteiger partial charge in [-0.1, -0.05) is 36.0 Å². The van der Waals surface area contributed by atoms with Gasteiger partial charge in [0.05, 0.1) is 20.0 Å². The minimum absolute atomic E-state index is 0.0561. The second-order valence-electron chi connectivity index (χ2n) is 6.69. The molecule has 3 aromatic carbocycles. The maximum atomic E-state index is 13.3. The van der Waals surface area contributed by atoms with Gasteiger partial charge in [0.15, 0.2) is 17.3 Å². The number of thioether (sulfide) groups is 1. The quantitative estimate of drug-likeness (QED) is 0.286. The Kier molecular flexibility index (Phi) is 6.13. The van der Waals surface area contributed by atoms with Crippen LogP contribution in [-0.4, -0.2) is 36.0 Å². The number of Topliss-reactive ketones (excluding diaryl/α,β-unsaturated/α-hetero) is 1. The van der Waals surface area contributed by atoms with Crippen molar-refractivity contribution in [3.05, 3.63) is 78.1 Å². The van der Waals surface area contributed by atoms with Crippen LogP contribution in [0.4, 0.5) is 4.39 Å². The summed E-state index contributed by atoms with van der Waals surface area (Å²) in [5.41, 5.74) is 1.99. The summed E-state index contributed by atoms with van der Waals surface area (Å²) >= 11 is 1.33. The molecule has 0 radical (unpaired) electrons. The number of benzene rings is 3. The molecule has 5 nitrogen and oxygen atoms in total. The number of ether oxygens (including phenoxy) is 2. The highest BCUT2D eigenvalue weighted by molar-refractivity contribution is 8.00. The number of nitrogens with zero attached hydrogens (tertiary/aromatic N) is 2. The van der Waals surface area contributed by atoms with E-state index in [2.05, 4.69) is 10.2 Å². The molecule has 0 aliphatic rings. The van der Waals surface area contributed by atoms with Crippen LogP contribution in [0.1, 0.15) is 10.4 Å². The number of hydrogen-bond acceptors (Lipinski definition) is 6. The normalized spacial score (nSPS) is 10.8. The monoisotopic (exact) mass is 434 g/mol. The van der Waals surface area contributed by atoms with Crippen molar-refractivity contribution in [3.63, 3.8) is 0 Å². The number of aromatic nitrogens is 2. The second kappa shape index (κ2) is 9.14. The van der Waals surface area contributed by atoms with E-state index >= 15 is 0 Å². The third kappa shape index (κ3) is 4.36. The fourth-order valence-electron chi connectivity index (χ4n) is 3.23. The Morgan fingerprint density at radius 2 is 1.61 bits per heavy atom. The number of carbonyl (C=O) groups excluding carboxylic acids is 1. The van der Waals surface area contributed by atoms with Gasteiger partial charge in [-0.2, -0.15) is 0 Å². The molecule has 0 aliphatic heterocycles. The maximum absolute atomic E-state index is 13.3. The fourth-order valence-corrected chi connectivity index (χ4v) is 4.10. The molecular weight excluding hydrogens is 415 g/mol. The number of halogens is 1. The minimum Gasteiger partial charge on any atom is -0.493 e. The molecule has 1 aromatic heterocycles. The molecule has 7 heteroatoms. The van der Waals surface area contributed by atoms with E-state index in [1.165, 1.54) is 31.0 Å². The predicted molar refractivity (Wildman–Crippen MR) is 120 cm³/mol. The van der Waals surface area contributed by atoms with Crippen molar-refractivity contribution in [1.29, 1.82) is 0 Å². The van der Waals surface area contributed by atoms with Crippen LogP contribution in [0.25, 0.3) is 22.0 Å². The number of carbonyl (C=O) groups is 1. The van der Waals surface area contributed by atoms with Crippen LogP contribution in [0, 0.1) is 5.82 Å². The van der Waals surface area contributed by atoms with Crippen molar-refractivity contribution >= 4 is 28.3 Å².